The molecule has 0 aliphatic rings. The zero-order chi connectivity index (χ0) is 15.2. The number of benzene rings is 1. The number of aromatic nitrogens is 2. The summed E-state index contributed by atoms with van der Waals surface area (Å²) in [5.41, 5.74) is 0.606. The van der Waals surface area contributed by atoms with Crippen LogP contribution in [0.1, 0.15) is 25.3 Å². The van der Waals surface area contributed by atoms with E-state index in [1.54, 1.807) is 12.1 Å². The zero-order valence-electron chi connectivity index (χ0n) is 11.2. The topological polar surface area (TPSA) is 54.9 Å². The first kappa shape index (κ1) is 16.4. The molecule has 0 atom stereocenters. The van der Waals surface area contributed by atoms with Crippen LogP contribution in [0.25, 0.3) is 0 Å². The molecular weight excluding hydrogens is 377 g/mol. The van der Waals surface area contributed by atoms with Crippen molar-refractivity contribution in [2.24, 2.45) is 0 Å². The van der Waals surface area contributed by atoms with Gasteiger partial charge in [-0.3, -0.25) is 4.79 Å². The average molecular weight is 390 g/mol. The van der Waals surface area contributed by atoms with Crippen molar-refractivity contribution in [2.45, 2.75) is 29.9 Å². The van der Waals surface area contributed by atoms with Crippen molar-refractivity contribution < 1.29 is 9.18 Å². The lowest BCUT2D eigenvalue weighted by Gasteiger charge is -2.01. The summed E-state index contributed by atoms with van der Waals surface area (Å²) in [6.45, 7) is 1.94. The monoisotopic (exact) mass is 389 g/mol. The predicted octanol–water partition coefficient (Wildman–Crippen LogP) is 4.47. The number of hydrogen-bond donors (Lipinski definition) is 1. The summed E-state index contributed by atoms with van der Waals surface area (Å²) in [5.74, 6) is 0.151. The Morgan fingerprint density at radius 2 is 2.29 bits per heavy atom. The fourth-order valence-corrected chi connectivity index (χ4v) is 3.59. The highest BCUT2D eigenvalue weighted by Crippen LogP contribution is 2.29. The highest BCUT2D eigenvalue weighted by Gasteiger charge is 2.09. The molecule has 0 aliphatic carbocycles. The molecule has 112 valence electrons. The van der Waals surface area contributed by atoms with Crippen LogP contribution in [-0.2, 0) is 10.5 Å². The van der Waals surface area contributed by atoms with Gasteiger partial charge in [-0.2, -0.15) is 0 Å². The van der Waals surface area contributed by atoms with Gasteiger partial charge in [-0.25, -0.2) is 4.39 Å². The van der Waals surface area contributed by atoms with Gasteiger partial charge in [0.2, 0.25) is 11.0 Å². The van der Waals surface area contributed by atoms with Gasteiger partial charge in [0.25, 0.3) is 0 Å². The van der Waals surface area contributed by atoms with E-state index < -0.39 is 0 Å². The Kier molecular flexibility index (Phi) is 6.13. The maximum absolute atomic E-state index is 13.7. The summed E-state index contributed by atoms with van der Waals surface area (Å²) in [6, 6.07) is 4.97. The first-order chi connectivity index (χ1) is 10.1. The van der Waals surface area contributed by atoms with Crippen LogP contribution in [0.15, 0.2) is 27.0 Å². The van der Waals surface area contributed by atoms with E-state index in [-0.39, 0.29) is 11.7 Å². The van der Waals surface area contributed by atoms with Crippen LogP contribution in [0.2, 0.25) is 0 Å². The Morgan fingerprint density at radius 3 is 3.00 bits per heavy atom. The summed E-state index contributed by atoms with van der Waals surface area (Å²) >= 11 is 5.91. The fraction of sp³-hybridized carbons (Fsp3) is 0.308. The van der Waals surface area contributed by atoms with Crippen LogP contribution in [-0.4, -0.2) is 16.1 Å². The summed E-state index contributed by atoms with van der Waals surface area (Å²) in [6.07, 6.45) is 1.25. The molecule has 0 radical (unpaired) electrons. The molecule has 1 heterocycles. The third-order valence-corrected chi connectivity index (χ3v) is 5.01. The quantitative estimate of drug-likeness (QED) is 0.584. The number of amides is 1. The van der Waals surface area contributed by atoms with E-state index in [1.165, 1.54) is 29.2 Å². The number of halogens is 2. The Labute approximate surface area is 138 Å². The largest absolute Gasteiger partial charge is 0.301 e. The second-order valence-corrected chi connectivity index (χ2v) is 7.31. The molecule has 0 spiro atoms. The maximum atomic E-state index is 13.7. The Bertz CT molecular complexity index is 636. The predicted molar refractivity (Wildman–Crippen MR) is 87.1 cm³/mol. The van der Waals surface area contributed by atoms with E-state index in [0.29, 0.717) is 31.7 Å². The van der Waals surface area contributed by atoms with Crippen LogP contribution >= 0.6 is 39.0 Å². The second-order valence-electron chi connectivity index (χ2n) is 4.20. The number of nitrogens with zero attached hydrogens (tertiary/aromatic N) is 2. The van der Waals surface area contributed by atoms with Crippen LogP contribution in [0.3, 0.4) is 0 Å². The van der Waals surface area contributed by atoms with Gasteiger partial charge >= 0.3 is 0 Å². The van der Waals surface area contributed by atoms with Crippen LogP contribution < -0.4 is 5.32 Å². The van der Waals surface area contributed by atoms with Gasteiger partial charge in [0, 0.05) is 16.6 Å². The average Bonchev–Trinajstić information content (AvgIpc) is 2.85. The van der Waals surface area contributed by atoms with Crippen molar-refractivity contribution in [2.75, 3.05) is 5.32 Å². The second kappa shape index (κ2) is 7.86. The van der Waals surface area contributed by atoms with Gasteiger partial charge in [0.1, 0.15) is 5.82 Å². The molecule has 21 heavy (non-hydrogen) atoms. The number of carbonyl (C=O) groups is 1. The van der Waals surface area contributed by atoms with E-state index in [2.05, 4.69) is 31.4 Å². The molecule has 0 saturated carbocycles. The molecular formula is C13H13BrFN3OS2. The van der Waals surface area contributed by atoms with Crippen molar-refractivity contribution in [3.8, 4) is 0 Å². The van der Waals surface area contributed by atoms with Crippen LogP contribution in [0.5, 0.6) is 0 Å². The van der Waals surface area contributed by atoms with Crippen molar-refractivity contribution in [1.82, 2.24) is 10.2 Å². The SMILES string of the molecule is CCCC(=O)Nc1nnc(SCc2ccc(Br)cc2F)s1. The molecule has 1 aromatic heterocycles. The van der Waals surface area contributed by atoms with Crippen molar-refractivity contribution >= 4 is 50.1 Å². The van der Waals surface area contributed by atoms with Gasteiger partial charge in [0.15, 0.2) is 4.34 Å². The normalized spacial score (nSPS) is 10.6. The van der Waals surface area contributed by atoms with Crippen molar-refractivity contribution in [3.05, 3.63) is 34.1 Å². The lowest BCUT2D eigenvalue weighted by molar-refractivity contribution is -0.116. The van der Waals surface area contributed by atoms with Crippen molar-refractivity contribution in [3.63, 3.8) is 0 Å². The summed E-state index contributed by atoms with van der Waals surface area (Å²) in [7, 11) is 0. The number of nitrogens with one attached hydrogen (secondary N) is 1. The minimum absolute atomic E-state index is 0.0656. The van der Waals surface area contributed by atoms with E-state index in [0.717, 1.165) is 6.42 Å². The molecule has 8 heteroatoms. The van der Waals surface area contributed by atoms with Crippen LogP contribution in [0.4, 0.5) is 9.52 Å². The first-order valence-corrected chi connectivity index (χ1v) is 8.88. The first-order valence-electron chi connectivity index (χ1n) is 6.28. The smallest absolute Gasteiger partial charge is 0.226 e. The minimum Gasteiger partial charge on any atom is -0.301 e. The van der Waals surface area contributed by atoms with Gasteiger partial charge in [0.05, 0.1) is 0 Å². The summed E-state index contributed by atoms with van der Waals surface area (Å²) in [5, 5.41) is 11.0. The van der Waals surface area contributed by atoms with E-state index in [9.17, 15) is 9.18 Å². The highest BCUT2D eigenvalue weighted by molar-refractivity contribution is 9.10. The summed E-state index contributed by atoms with van der Waals surface area (Å²) < 4.78 is 15.1. The van der Waals surface area contributed by atoms with Gasteiger partial charge < -0.3 is 5.32 Å². The number of carbonyl (C=O) groups excluding carboxylic acids is 1. The molecule has 0 saturated heterocycles. The van der Waals surface area contributed by atoms with E-state index >= 15 is 0 Å². The third kappa shape index (κ3) is 5.05. The lowest BCUT2D eigenvalue weighted by atomic mass is 10.2. The molecule has 2 aromatic rings. The molecule has 4 nitrogen and oxygen atoms in total. The Morgan fingerprint density at radius 1 is 1.48 bits per heavy atom. The number of thioether (sulfide) groups is 1. The Balaban J connectivity index is 1.92. The standard InChI is InChI=1S/C13H13BrFN3OS2/c1-2-3-11(19)16-12-17-18-13(21-12)20-7-8-4-5-9(14)6-10(8)15/h4-6H,2-3,7H2,1H3,(H,16,17,19). The molecule has 2 rings (SSSR count). The summed E-state index contributed by atoms with van der Waals surface area (Å²) in [4.78, 5) is 11.4. The molecule has 0 bridgehead atoms. The number of rotatable bonds is 6. The molecule has 1 amide bonds. The highest BCUT2D eigenvalue weighted by atomic mass is 79.9. The van der Waals surface area contributed by atoms with Crippen molar-refractivity contribution in [1.29, 1.82) is 0 Å². The lowest BCUT2D eigenvalue weighted by Crippen LogP contribution is -2.10. The van der Waals surface area contributed by atoms with E-state index in [4.69, 9.17) is 0 Å². The molecule has 1 aromatic carbocycles. The number of hydrogen-bond acceptors (Lipinski definition) is 5. The van der Waals surface area contributed by atoms with Gasteiger partial charge in [-0.1, -0.05) is 52.0 Å². The molecule has 0 fully saturated rings. The van der Waals surface area contributed by atoms with E-state index in [1.807, 2.05) is 6.92 Å². The fourth-order valence-electron chi connectivity index (χ4n) is 1.51. The van der Waals surface area contributed by atoms with Gasteiger partial charge in [-0.05, 0) is 24.1 Å². The Hall–Kier alpha value is -0.990. The minimum atomic E-state index is -0.252. The third-order valence-electron chi connectivity index (χ3n) is 2.50. The van der Waals surface area contributed by atoms with Crippen LogP contribution in [0, 0.1) is 5.82 Å². The molecule has 0 aliphatic heterocycles. The number of anilines is 1. The zero-order valence-corrected chi connectivity index (χ0v) is 14.4. The molecule has 1 N–H and O–H groups in total. The molecule has 0 unspecified atom stereocenters. The van der Waals surface area contributed by atoms with Gasteiger partial charge in [-0.15, -0.1) is 10.2 Å². The maximum Gasteiger partial charge on any atom is 0.226 e.